The number of hydrogen-bond acceptors (Lipinski definition) is 3. The first-order valence-corrected chi connectivity index (χ1v) is 3.40. The summed E-state index contributed by atoms with van der Waals surface area (Å²) >= 11 is 0. The summed E-state index contributed by atoms with van der Waals surface area (Å²) in [6.45, 7) is 3.77. The highest BCUT2D eigenvalue weighted by Crippen LogP contribution is 1.93. The van der Waals surface area contributed by atoms with Crippen LogP contribution in [0.1, 0.15) is 12.6 Å². The van der Waals surface area contributed by atoms with Gasteiger partial charge in [0.05, 0.1) is 11.9 Å². The van der Waals surface area contributed by atoms with E-state index in [1.165, 1.54) is 0 Å². The summed E-state index contributed by atoms with van der Waals surface area (Å²) in [5, 5.41) is 10.7. The Morgan fingerprint density at radius 2 is 2.50 bits per heavy atom. The van der Waals surface area contributed by atoms with E-state index >= 15 is 0 Å². The van der Waals surface area contributed by atoms with Crippen LogP contribution in [0.2, 0.25) is 0 Å². The maximum atomic E-state index is 3.88. The Kier molecular flexibility index (Phi) is 2.39. The van der Waals surface area contributed by atoms with Crippen molar-refractivity contribution in [3.8, 4) is 0 Å². The van der Waals surface area contributed by atoms with Gasteiger partial charge in [-0.15, -0.1) is 5.10 Å². The molecular formula is C6H12N4. The molecule has 56 valence electrons. The van der Waals surface area contributed by atoms with Crippen molar-refractivity contribution in [1.29, 1.82) is 0 Å². The summed E-state index contributed by atoms with van der Waals surface area (Å²) < 4.78 is 1.87. The zero-order chi connectivity index (χ0) is 7.40. The molecule has 0 radical (unpaired) electrons. The third-order valence-electron chi connectivity index (χ3n) is 1.36. The fourth-order valence-electron chi connectivity index (χ4n) is 0.863. The van der Waals surface area contributed by atoms with Crippen molar-refractivity contribution in [3.05, 3.63) is 11.9 Å². The van der Waals surface area contributed by atoms with Crippen LogP contribution < -0.4 is 5.32 Å². The molecule has 0 spiro atoms. The predicted octanol–water partition coefficient (Wildman–Crippen LogP) is 0.0174. The van der Waals surface area contributed by atoms with Gasteiger partial charge in [-0.1, -0.05) is 5.21 Å². The van der Waals surface area contributed by atoms with Crippen molar-refractivity contribution in [2.45, 2.75) is 20.0 Å². The summed E-state index contributed by atoms with van der Waals surface area (Å²) in [6, 6.07) is 0. The first-order chi connectivity index (χ1) is 4.88. The maximum absolute atomic E-state index is 3.88. The lowest BCUT2D eigenvalue weighted by atomic mass is 10.4. The molecule has 0 aliphatic carbocycles. The standard InChI is InChI=1S/C6H12N4/c1-3-10-6(4-7-2)5-8-9-10/h5,7H,3-4H2,1-2H3. The summed E-state index contributed by atoms with van der Waals surface area (Å²) in [5.41, 5.74) is 1.13. The van der Waals surface area contributed by atoms with Crippen LogP contribution >= 0.6 is 0 Å². The third-order valence-corrected chi connectivity index (χ3v) is 1.36. The van der Waals surface area contributed by atoms with E-state index in [9.17, 15) is 0 Å². The summed E-state index contributed by atoms with van der Waals surface area (Å²) in [4.78, 5) is 0. The molecule has 1 N–H and O–H groups in total. The van der Waals surface area contributed by atoms with Crippen LogP contribution in [0.4, 0.5) is 0 Å². The number of nitrogens with zero attached hydrogens (tertiary/aromatic N) is 3. The molecule has 0 saturated heterocycles. The Morgan fingerprint density at radius 3 is 3.10 bits per heavy atom. The quantitative estimate of drug-likeness (QED) is 0.643. The van der Waals surface area contributed by atoms with Gasteiger partial charge >= 0.3 is 0 Å². The number of hydrogen-bond donors (Lipinski definition) is 1. The van der Waals surface area contributed by atoms with E-state index in [1.54, 1.807) is 6.20 Å². The van der Waals surface area contributed by atoms with Gasteiger partial charge in [-0.05, 0) is 14.0 Å². The summed E-state index contributed by atoms with van der Waals surface area (Å²) in [5.74, 6) is 0. The molecule has 0 bridgehead atoms. The van der Waals surface area contributed by atoms with Crippen LogP contribution in [0.5, 0.6) is 0 Å². The second-order valence-electron chi connectivity index (χ2n) is 2.07. The van der Waals surface area contributed by atoms with E-state index in [4.69, 9.17) is 0 Å². The predicted molar refractivity (Wildman–Crippen MR) is 38.5 cm³/mol. The van der Waals surface area contributed by atoms with Gasteiger partial charge in [0, 0.05) is 13.1 Å². The lowest BCUT2D eigenvalue weighted by molar-refractivity contribution is 0.584. The molecule has 4 nitrogen and oxygen atoms in total. The van der Waals surface area contributed by atoms with Crippen molar-refractivity contribution >= 4 is 0 Å². The molecule has 0 saturated carbocycles. The van der Waals surface area contributed by atoms with Crippen LogP contribution in [-0.4, -0.2) is 22.0 Å². The summed E-state index contributed by atoms with van der Waals surface area (Å²) in [6.07, 6.45) is 1.78. The van der Waals surface area contributed by atoms with Crippen molar-refractivity contribution in [2.24, 2.45) is 0 Å². The van der Waals surface area contributed by atoms with E-state index in [0.717, 1.165) is 18.8 Å². The summed E-state index contributed by atoms with van der Waals surface area (Å²) in [7, 11) is 1.91. The smallest absolute Gasteiger partial charge is 0.0738 e. The highest BCUT2D eigenvalue weighted by atomic mass is 15.4. The van der Waals surface area contributed by atoms with E-state index in [0.29, 0.717) is 0 Å². The number of aromatic nitrogens is 3. The molecule has 10 heavy (non-hydrogen) atoms. The monoisotopic (exact) mass is 140 g/mol. The molecule has 0 fully saturated rings. The molecule has 4 heteroatoms. The molecule has 0 unspecified atom stereocenters. The zero-order valence-corrected chi connectivity index (χ0v) is 6.33. The number of rotatable bonds is 3. The van der Waals surface area contributed by atoms with E-state index in [-0.39, 0.29) is 0 Å². The van der Waals surface area contributed by atoms with Gasteiger partial charge in [0.2, 0.25) is 0 Å². The lowest BCUT2D eigenvalue weighted by Crippen LogP contribution is -2.11. The zero-order valence-electron chi connectivity index (χ0n) is 6.33. The Bertz CT molecular complexity index is 193. The third kappa shape index (κ3) is 1.33. The lowest BCUT2D eigenvalue weighted by Gasteiger charge is -1.99. The molecule has 1 aromatic rings. The fraction of sp³-hybridized carbons (Fsp3) is 0.667. The molecule has 0 aliphatic heterocycles. The molecule has 0 amide bonds. The van der Waals surface area contributed by atoms with Crippen molar-refractivity contribution < 1.29 is 0 Å². The van der Waals surface area contributed by atoms with Gasteiger partial charge in [0.15, 0.2) is 0 Å². The SMILES string of the molecule is CCn1nncc1CNC. The molecule has 0 aliphatic rings. The molecule has 1 heterocycles. The number of aryl methyl sites for hydroxylation is 1. The van der Waals surface area contributed by atoms with Crippen LogP contribution in [-0.2, 0) is 13.1 Å². The average Bonchev–Trinajstić information content (AvgIpc) is 2.36. The normalized spacial score (nSPS) is 10.2. The van der Waals surface area contributed by atoms with Gasteiger partial charge in [-0.25, -0.2) is 4.68 Å². The molecule has 0 aromatic carbocycles. The van der Waals surface area contributed by atoms with Gasteiger partial charge in [0.1, 0.15) is 0 Å². The minimum atomic E-state index is 0.834. The fourth-order valence-corrected chi connectivity index (χ4v) is 0.863. The molecule has 1 rings (SSSR count). The van der Waals surface area contributed by atoms with Crippen LogP contribution in [0.15, 0.2) is 6.20 Å². The van der Waals surface area contributed by atoms with Crippen molar-refractivity contribution in [3.63, 3.8) is 0 Å². The van der Waals surface area contributed by atoms with Gasteiger partial charge < -0.3 is 5.32 Å². The molecule has 1 aromatic heterocycles. The largest absolute Gasteiger partial charge is 0.314 e. The first-order valence-electron chi connectivity index (χ1n) is 3.40. The van der Waals surface area contributed by atoms with Crippen molar-refractivity contribution in [2.75, 3.05) is 7.05 Å². The first kappa shape index (κ1) is 7.21. The van der Waals surface area contributed by atoms with Gasteiger partial charge in [-0.2, -0.15) is 0 Å². The average molecular weight is 140 g/mol. The molecule has 0 atom stereocenters. The minimum absolute atomic E-state index is 0.834. The topological polar surface area (TPSA) is 42.7 Å². The van der Waals surface area contributed by atoms with Crippen LogP contribution in [0.3, 0.4) is 0 Å². The van der Waals surface area contributed by atoms with E-state index < -0.39 is 0 Å². The van der Waals surface area contributed by atoms with Crippen LogP contribution in [0, 0.1) is 0 Å². The van der Waals surface area contributed by atoms with Gasteiger partial charge in [0.25, 0.3) is 0 Å². The second-order valence-corrected chi connectivity index (χ2v) is 2.07. The Balaban J connectivity index is 2.70. The Hall–Kier alpha value is -0.900. The van der Waals surface area contributed by atoms with Crippen LogP contribution in [0.25, 0.3) is 0 Å². The molecular weight excluding hydrogens is 128 g/mol. The highest BCUT2D eigenvalue weighted by Gasteiger charge is 1.97. The maximum Gasteiger partial charge on any atom is 0.0738 e. The van der Waals surface area contributed by atoms with E-state index in [2.05, 4.69) is 15.6 Å². The Morgan fingerprint density at radius 1 is 1.70 bits per heavy atom. The number of nitrogens with one attached hydrogen (secondary N) is 1. The van der Waals surface area contributed by atoms with Gasteiger partial charge in [-0.3, -0.25) is 0 Å². The minimum Gasteiger partial charge on any atom is -0.314 e. The van der Waals surface area contributed by atoms with Crippen molar-refractivity contribution in [1.82, 2.24) is 20.3 Å². The second kappa shape index (κ2) is 3.31. The van der Waals surface area contributed by atoms with E-state index in [1.807, 2.05) is 18.7 Å². The highest BCUT2D eigenvalue weighted by molar-refractivity contribution is 4.92. The Labute approximate surface area is 60.2 Å².